The molecule has 0 saturated carbocycles. The molecule has 0 aromatic heterocycles. The molecule has 1 N–H and O–H groups in total. The molecule has 1 unspecified atom stereocenters. The van der Waals surface area contributed by atoms with Crippen molar-refractivity contribution in [1.29, 1.82) is 0 Å². The van der Waals surface area contributed by atoms with Gasteiger partial charge in [0.15, 0.2) is 0 Å². The van der Waals surface area contributed by atoms with Crippen molar-refractivity contribution in [2.24, 2.45) is 5.92 Å². The van der Waals surface area contributed by atoms with E-state index < -0.39 is 24.3 Å². The molecule has 1 saturated heterocycles. The first-order valence-electron chi connectivity index (χ1n) is 4.39. The summed E-state index contributed by atoms with van der Waals surface area (Å²) >= 11 is 0. The van der Waals surface area contributed by atoms with Crippen LogP contribution in [-0.4, -0.2) is 44.1 Å². The number of alkyl halides is 2. The number of carbonyl (C=O) groups is 1. The van der Waals surface area contributed by atoms with E-state index in [1.165, 1.54) is 14.2 Å². The van der Waals surface area contributed by atoms with Crippen molar-refractivity contribution in [3.8, 4) is 0 Å². The molecule has 0 radical (unpaired) electrons. The Morgan fingerprint density at radius 1 is 1.64 bits per heavy atom. The number of rotatable bonds is 2. The lowest BCUT2D eigenvalue weighted by Crippen LogP contribution is -2.52. The SMILES string of the molecule is CON(C)C(=O)C1CCNCC1(F)F. The molecule has 0 aromatic rings. The van der Waals surface area contributed by atoms with Gasteiger partial charge in [0.1, 0.15) is 5.92 Å². The van der Waals surface area contributed by atoms with E-state index in [4.69, 9.17) is 0 Å². The molecule has 1 fully saturated rings. The Balaban J connectivity index is 2.69. The largest absolute Gasteiger partial charge is 0.311 e. The number of nitrogens with zero attached hydrogens (tertiary/aromatic N) is 1. The second-order valence-corrected chi connectivity index (χ2v) is 3.30. The fraction of sp³-hybridized carbons (Fsp3) is 0.875. The smallest absolute Gasteiger partial charge is 0.271 e. The van der Waals surface area contributed by atoms with Crippen LogP contribution >= 0.6 is 0 Å². The quantitative estimate of drug-likeness (QED) is 0.661. The van der Waals surface area contributed by atoms with Gasteiger partial charge in [-0.05, 0) is 13.0 Å². The van der Waals surface area contributed by atoms with Gasteiger partial charge in [0.25, 0.3) is 11.8 Å². The number of piperidine rings is 1. The summed E-state index contributed by atoms with van der Waals surface area (Å²) in [7, 11) is 2.61. The topological polar surface area (TPSA) is 41.6 Å². The summed E-state index contributed by atoms with van der Waals surface area (Å²) in [5.41, 5.74) is 0. The summed E-state index contributed by atoms with van der Waals surface area (Å²) in [4.78, 5) is 16.0. The molecule has 0 spiro atoms. The van der Waals surface area contributed by atoms with Crippen LogP contribution in [0.1, 0.15) is 6.42 Å². The number of amides is 1. The minimum Gasteiger partial charge on any atom is -0.311 e. The minimum absolute atomic E-state index is 0.138. The molecule has 4 nitrogen and oxygen atoms in total. The van der Waals surface area contributed by atoms with Crippen LogP contribution in [0.15, 0.2) is 0 Å². The Labute approximate surface area is 81.2 Å². The number of hydroxylamine groups is 2. The zero-order chi connectivity index (χ0) is 10.8. The van der Waals surface area contributed by atoms with Crippen LogP contribution in [0.2, 0.25) is 0 Å². The highest BCUT2D eigenvalue weighted by Gasteiger charge is 2.47. The Morgan fingerprint density at radius 2 is 2.29 bits per heavy atom. The molecule has 14 heavy (non-hydrogen) atoms. The number of nitrogens with one attached hydrogen (secondary N) is 1. The van der Waals surface area contributed by atoms with E-state index in [-0.39, 0.29) is 6.42 Å². The van der Waals surface area contributed by atoms with Crippen molar-refractivity contribution in [1.82, 2.24) is 10.4 Å². The molecule has 0 aromatic carbocycles. The summed E-state index contributed by atoms with van der Waals surface area (Å²) in [5.74, 6) is -4.92. The molecule has 1 aliphatic rings. The molecule has 0 aliphatic carbocycles. The van der Waals surface area contributed by atoms with E-state index in [9.17, 15) is 13.6 Å². The van der Waals surface area contributed by atoms with Crippen LogP contribution in [0.3, 0.4) is 0 Å². The monoisotopic (exact) mass is 208 g/mol. The maximum absolute atomic E-state index is 13.3. The lowest BCUT2D eigenvalue weighted by molar-refractivity contribution is -0.188. The van der Waals surface area contributed by atoms with E-state index in [0.29, 0.717) is 6.54 Å². The average Bonchev–Trinajstić information content (AvgIpc) is 2.15. The first kappa shape index (κ1) is 11.3. The highest BCUT2D eigenvalue weighted by Crippen LogP contribution is 2.30. The number of hydrogen-bond acceptors (Lipinski definition) is 3. The molecule has 1 rings (SSSR count). The lowest BCUT2D eigenvalue weighted by atomic mass is 9.93. The molecule has 1 atom stereocenters. The van der Waals surface area contributed by atoms with Crippen LogP contribution in [0, 0.1) is 5.92 Å². The maximum atomic E-state index is 13.3. The molecule has 6 heteroatoms. The van der Waals surface area contributed by atoms with Crippen molar-refractivity contribution in [2.75, 3.05) is 27.2 Å². The summed E-state index contributed by atoms with van der Waals surface area (Å²) in [6, 6.07) is 0. The summed E-state index contributed by atoms with van der Waals surface area (Å²) in [5, 5.41) is 3.41. The van der Waals surface area contributed by atoms with E-state index >= 15 is 0 Å². The van der Waals surface area contributed by atoms with E-state index in [0.717, 1.165) is 5.06 Å². The van der Waals surface area contributed by atoms with Gasteiger partial charge in [-0.25, -0.2) is 13.8 Å². The van der Waals surface area contributed by atoms with Crippen LogP contribution in [0.5, 0.6) is 0 Å². The van der Waals surface area contributed by atoms with Gasteiger partial charge in [0.2, 0.25) is 0 Å². The van der Waals surface area contributed by atoms with Crippen molar-refractivity contribution < 1.29 is 18.4 Å². The van der Waals surface area contributed by atoms with E-state index in [2.05, 4.69) is 10.2 Å². The molecule has 1 aliphatic heterocycles. The third-order valence-corrected chi connectivity index (χ3v) is 2.36. The van der Waals surface area contributed by atoms with Gasteiger partial charge in [-0.15, -0.1) is 0 Å². The molecule has 0 bridgehead atoms. The maximum Gasteiger partial charge on any atom is 0.271 e. The Morgan fingerprint density at radius 3 is 2.79 bits per heavy atom. The number of hydrogen-bond donors (Lipinski definition) is 1. The first-order valence-corrected chi connectivity index (χ1v) is 4.39. The van der Waals surface area contributed by atoms with Gasteiger partial charge in [-0.1, -0.05) is 0 Å². The standard InChI is InChI=1S/C8H14F2N2O2/c1-12(14-2)7(13)6-3-4-11-5-8(6,9)10/h6,11H,3-5H2,1-2H3. The number of carbonyl (C=O) groups excluding carboxylic acids is 1. The van der Waals surface area contributed by atoms with E-state index in [1.54, 1.807) is 0 Å². The van der Waals surface area contributed by atoms with Crippen LogP contribution in [0.4, 0.5) is 8.78 Å². The first-order chi connectivity index (χ1) is 6.49. The highest BCUT2D eigenvalue weighted by atomic mass is 19.3. The summed E-state index contributed by atoms with van der Waals surface area (Å²) in [6.07, 6.45) is 0.138. The van der Waals surface area contributed by atoms with Gasteiger partial charge in [-0.2, -0.15) is 0 Å². The molecule has 82 valence electrons. The molecule has 1 heterocycles. The van der Waals surface area contributed by atoms with Crippen LogP contribution < -0.4 is 5.32 Å². The Hall–Kier alpha value is -0.750. The van der Waals surface area contributed by atoms with Crippen LogP contribution in [-0.2, 0) is 9.63 Å². The van der Waals surface area contributed by atoms with Crippen molar-refractivity contribution in [3.05, 3.63) is 0 Å². The fourth-order valence-electron chi connectivity index (χ4n) is 1.45. The van der Waals surface area contributed by atoms with Gasteiger partial charge in [-0.3, -0.25) is 9.63 Å². The molecular formula is C8H14F2N2O2. The van der Waals surface area contributed by atoms with Crippen molar-refractivity contribution in [2.45, 2.75) is 12.3 Å². The highest BCUT2D eigenvalue weighted by molar-refractivity contribution is 5.78. The fourth-order valence-corrected chi connectivity index (χ4v) is 1.45. The van der Waals surface area contributed by atoms with Crippen LogP contribution in [0.25, 0.3) is 0 Å². The predicted molar refractivity (Wildman–Crippen MR) is 45.7 cm³/mol. The summed E-state index contributed by atoms with van der Waals surface area (Å²) in [6.45, 7) is -0.00941. The Bertz CT molecular complexity index is 223. The predicted octanol–water partition coefficient (Wildman–Crippen LogP) is 0.251. The zero-order valence-electron chi connectivity index (χ0n) is 8.22. The van der Waals surface area contributed by atoms with Gasteiger partial charge < -0.3 is 5.32 Å². The van der Waals surface area contributed by atoms with Gasteiger partial charge in [0, 0.05) is 7.05 Å². The third kappa shape index (κ3) is 2.19. The average molecular weight is 208 g/mol. The Kier molecular flexibility index (Phi) is 3.38. The van der Waals surface area contributed by atoms with Crippen molar-refractivity contribution in [3.63, 3.8) is 0 Å². The lowest BCUT2D eigenvalue weighted by Gasteiger charge is -2.32. The van der Waals surface area contributed by atoms with E-state index in [1.807, 2.05) is 0 Å². The minimum atomic E-state index is -2.98. The third-order valence-electron chi connectivity index (χ3n) is 2.36. The second-order valence-electron chi connectivity index (χ2n) is 3.30. The zero-order valence-corrected chi connectivity index (χ0v) is 8.22. The number of halogens is 2. The molecule has 1 amide bonds. The van der Waals surface area contributed by atoms with Gasteiger partial charge >= 0.3 is 0 Å². The summed E-state index contributed by atoms with van der Waals surface area (Å²) < 4.78 is 26.5. The normalized spacial score (nSPS) is 25.9. The van der Waals surface area contributed by atoms with Crippen molar-refractivity contribution >= 4 is 5.91 Å². The molecular weight excluding hydrogens is 194 g/mol. The second kappa shape index (κ2) is 4.18. The van der Waals surface area contributed by atoms with Gasteiger partial charge in [0.05, 0.1) is 13.7 Å².